The maximum Gasteiger partial charge on any atom is 0.220 e. The molecule has 0 N–H and O–H groups in total. The van der Waals surface area contributed by atoms with Crippen LogP contribution in [0.2, 0.25) is 19.6 Å². The standard InChI is InChI=1S/C20H24NSi/c1-15-8-6-7-9-18(15)20-19-11-10-17(22(3,4)5)14-16(19)12-13-21(20)2/h6-14H,1-5H3/q+1/i7D,8D. The fraction of sp³-hybridized carbons (Fsp3) is 0.250. The zero-order valence-electron chi connectivity index (χ0n) is 16.0. The molecule has 0 amide bonds. The summed E-state index contributed by atoms with van der Waals surface area (Å²) in [5.74, 6) is 0. The van der Waals surface area contributed by atoms with E-state index in [1.807, 2.05) is 20.0 Å². The second-order valence-electron chi connectivity index (χ2n) is 6.97. The van der Waals surface area contributed by atoms with Gasteiger partial charge < -0.3 is 0 Å². The van der Waals surface area contributed by atoms with Gasteiger partial charge in [-0.2, -0.15) is 0 Å². The number of pyridine rings is 1. The second-order valence-corrected chi connectivity index (χ2v) is 12.0. The lowest BCUT2D eigenvalue weighted by Gasteiger charge is -2.17. The van der Waals surface area contributed by atoms with Crippen LogP contribution in [-0.4, -0.2) is 8.07 Å². The minimum Gasteiger partial charge on any atom is -0.200 e. The van der Waals surface area contributed by atoms with E-state index in [0.29, 0.717) is 12.1 Å². The maximum atomic E-state index is 8.12. The molecule has 0 unspecified atom stereocenters. The highest BCUT2D eigenvalue weighted by molar-refractivity contribution is 6.88. The largest absolute Gasteiger partial charge is 0.220 e. The quantitative estimate of drug-likeness (QED) is 0.494. The van der Waals surface area contributed by atoms with Crippen molar-refractivity contribution in [2.45, 2.75) is 26.6 Å². The van der Waals surface area contributed by atoms with E-state index >= 15 is 0 Å². The SMILES string of the molecule is [2H]c1cc([2H])c(C)c(-c2c3ccc([Si](C)(C)C)cc3cc[n+]2C)c1. The average molecular weight is 309 g/mol. The van der Waals surface area contributed by atoms with Crippen molar-refractivity contribution in [2.75, 3.05) is 0 Å². The molecule has 1 heterocycles. The summed E-state index contributed by atoms with van der Waals surface area (Å²) in [5.41, 5.74) is 2.97. The number of hydrogen-bond acceptors (Lipinski definition) is 0. The highest BCUT2D eigenvalue weighted by Gasteiger charge is 2.20. The lowest BCUT2D eigenvalue weighted by Crippen LogP contribution is -2.37. The van der Waals surface area contributed by atoms with Gasteiger partial charge in [-0.15, -0.1) is 0 Å². The molecule has 112 valence electrons. The minimum atomic E-state index is -1.36. The van der Waals surface area contributed by atoms with Crippen molar-refractivity contribution < 1.29 is 7.31 Å². The number of nitrogens with zero attached hydrogens (tertiary/aromatic N) is 1. The number of benzene rings is 2. The first-order valence-electron chi connectivity index (χ1n) is 8.69. The molecule has 1 nitrogen and oxygen atoms in total. The molecular formula is C20H24NSi+. The molecular weight excluding hydrogens is 282 g/mol. The number of hydrogen-bond donors (Lipinski definition) is 0. The van der Waals surface area contributed by atoms with Crippen LogP contribution in [0.5, 0.6) is 0 Å². The molecule has 0 saturated carbocycles. The van der Waals surface area contributed by atoms with Gasteiger partial charge in [-0.05, 0) is 30.0 Å². The second kappa shape index (κ2) is 5.36. The van der Waals surface area contributed by atoms with E-state index in [0.717, 1.165) is 16.8 Å². The third-order valence-corrected chi connectivity index (χ3v) is 6.30. The summed E-state index contributed by atoms with van der Waals surface area (Å²) in [4.78, 5) is 0. The van der Waals surface area contributed by atoms with Gasteiger partial charge in [0.15, 0.2) is 6.20 Å². The van der Waals surface area contributed by atoms with Gasteiger partial charge >= 0.3 is 0 Å². The van der Waals surface area contributed by atoms with Crippen molar-refractivity contribution in [3.63, 3.8) is 0 Å². The van der Waals surface area contributed by atoms with Crippen LogP contribution in [0.25, 0.3) is 22.0 Å². The molecule has 0 fully saturated rings. The van der Waals surface area contributed by atoms with E-state index in [2.05, 4.69) is 54.7 Å². The smallest absolute Gasteiger partial charge is 0.200 e. The normalized spacial score (nSPS) is 13.1. The van der Waals surface area contributed by atoms with E-state index in [4.69, 9.17) is 2.74 Å². The van der Waals surface area contributed by atoms with Gasteiger partial charge in [-0.1, -0.05) is 55.1 Å². The third kappa shape index (κ3) is 2.59. The molecule has 0 aliphatic rings. The van der Waals surface area contributed by atoms with Crippen LogP contribution in [0.15, 0.2) is 54.7 Å². The Hall–Kier alpha value is -1.93. The van der Waals surface area contributed by atoms with Crippen molar-refractivity contribution in [2.24, 2.45) is 7.05 Å². The monoisotopic (exact) mass is 308 g/mol. The van der Waals surface area contributed by atoms with E-state index < -0.39 is 8.07 Å². The van der Waals surface area contributed by atoms with Crippen LogP contribution in [0.1, 0.15) is 8.30 Å². The summed E-state index contributed by atoms with van der Waals surface area (Å²) >= 11 is 0. The van der Waals surface area contributed by atoms with E-state index in [-0.39, 0.29) is 0 Å². The average Bonchev–Trinajstić information content (AvgIpc) is 2.50. The third-order valence-electron chi connectivity index (χ3n) is 4.26. The summed E-state index contributed by atoms with van der Waals surface area (Å²) < 4.78 is 18.2. The Morgan fingerprint density at radius 2 is 1.86 bits per heavy atom. The number of aryl methyl sites for hydroxylation is 1. The molecule has 0 saturated heterocycles. The van der Waals surface area contributed by atoms with Crippen molar-refractivity contribution in [1.82, 2.24) is 0 Å². The predicted molar refractivity (Wildman–Crippen MR) is 98.3 cm³/mol. The first-order valence-corrected chi connectivity index (χ1v) is 11.2. The van der Waals surface area contributed by atoms with Gasteiger partial charge in [0.1, 0.15) is 7.05 Å². The first kappa shape index (κ1) is 12.6. The molecule has 2 aromatic carbocycles. The highest BCUT2D eigenvalue weighted by Crippen LogP contribution is 2.27. The fourth-order valence-electron chi connectivity index (χ4n) is 2.88. The summed E-state index contributed by atoms with van der Waals surface area (Å²) in [6.07, 6.45) is 2.07. The lowest BCUT2D eigenvalue weighted by atomic mass is 10.00. The Kier molecular flexibility index (Phi) is 3.07. The van der Waals surface area contributed by atoms with Crippen LogP contribution in [0.3, 0.4) is 0 Å². The molecule has 0 radical (unpaired) electrons. The Bertz CT molecular complexity index is 943. The zero-order valence-corrected chi connectivity index (χ0v) is 15.0. The van der Waals surface area contributed by atoms with Crippen molar-refractivity contribution in [3.05, 3.63) is 60.2 Å². The first-order chi connectivity index (χ1) is 11.2. The van der Waals surface area contributed by atoms with Crippen LogP contribution in [-0.2, 0) is 7.05 Å². The summed E-state index contributed by atoms with van der Waals surface area (Å²) in [5, 5.41) is 3.85. The summed E-state index contributed by atoms with van der Waals surface area (Å²) in [7, 11) is 0.672. The van der Waals surface area contributed by atoms with E-state index in [1.54, 1.807) is 6.07 Å². The molecule has 0 aliphatic heterocycles. The molecule has 22 heavy (non-hydrogen) atoms. The molecule has 3 aromatic rings. The topological polar surface area (TPSA) is 3.88 Å². The van der Waals surface area contributed by atoms with Gasteiger partial charge in [0.2, 0.25) is 5.69 Å². The van der Waals surface area contributed by atoms with E-state index in [1.165, 1.54) is 16.0 Å². The van der Waals surface area contributed by atoms with Crippen LogP contribution < -0.4 is 9.75 Å². The van der Waals surface area contributed by atoms with Crippen molar-refractivity contribution >= 4 is 24.0 Å². The molecule has 1 aromatic heterocycles. The summed E-state index contributed by atoms with van der Waals surface area (Å²) in [6, 6.07) is 13.2. The van der Waals surface area contributed by atoms with Gasteiger partial charge in [-0.25, -0.2) is 4.57 Å². The zero-order chi connectivity index (χ0) is 17.6. The van der Waals surface area contributed by atoms with Crippen molar-refractivity contribution in [3.8, 4) is 11.3 Å². The Labute approximate surface area is 137 Å². The number of rotatable bonds is 2. The Morgan fingerprint density at radius 1 is 1.09 bits per heavy atom. The van der Waals surface area contributed by atoms with Gasteiger partial charge in [0, 0.05) is 11.6 Å². The Balaban J connectivity index is 2.35. The highest BCUT2D eigenvalue weighted by atomic mass is 28.3. The molecule has 3 rings (SSSR count). The van der Waals surface area contributed by atoms with E-state index in [9.17, 15) is 0 Å². The molecule has 0 atom stereocenters. The Morgan fingerprint density at radius 3 is 2.59 bits per heavy atom. The molecule has 0 spiro atoms. The van der Waals surface area contributed by atoms with Gasteiger partial charge in [-0.3, -0.25) is 0 Å². The summed E-state index contributed by atoms with van der Waals surface area (Å²) in [6.45, 7) is 9.04. The molecule has 2 heteroatoms. The predicted octanol–water partition coefficient (Wildman–Crippen LogP) is 4.18. The van der Waals surface area contributed by atoms with Crippen LogP contribution in [0.4, 0.5) is 0 Å². The minimum absolute atomic E-state index is 0.385. The molecule has 0 aliphatic carbocycles. The lowest BCUT2D eigenvalue weighted by molar-refractivity contribution is -0.659. The van der Waals surface area contributed by atoms with Crippen LogP contribution in [0, 0.1) is 6.92 Å². The van der Waals surface area contributed by atoms with Gasteiger partial charge in [0.05, 0.1) is 16.2 Å². The van der Waals surface area contributed by atoms with Gasteiger partial charge in [0.25, 0.3) is 0 Å². The number of fused-ring (bicyclic) bond motifs is 1. The number of aromatic nitrogens is 1. The van der Waals surface area contributed by atoms with Crippen LogP contribution >= 0.6 is 0 Å². The fourth-order valence-corrected chi connectivity index (χ4v) is 4.05. The molecule has 0 bridgehead atoms. The maximum absolute atomic E-state index is 8.12. The van der Waals surface area contributed by atoms with Crippen molar-refractivity contribution in [1.29, 1.82) is 0 Å².